The third kappa shape index (κ3) is 3.44. The van der Waals surface area contributed by atoms with Gasteiger partial charge in [-0.05, 0) is 25.2 Å². The van der Waals surface area contributed by atoms with E-state index in [0.29, 0.717) is 29.7 Å². The summed E-state index contributed by atoms with van der Waals surface area (Å²) in [5.41, 5.74) is 0.266. The van der Waals surface area contributed by atoms with Crippen LogP contribution in [0.15, 0.2) is 17.2 Å². The molecule has 1 aliphatic rings. The summed E-state index contributed by atoms with van der Waals surface area (Å²) in [6, 6.07) is 0. The van der Waals surface area contributed by atoms with Crippen molar-refractivity contribution in [1.82, 2.24) is 14.8 Å². The van der Waals surface area contributed by atoms with E-state index < -0.39 is 0 Å². The highest BCUT2D eigenvalue weighted by molar-refractivity contribution is 7.11. The van der Waals surface area contributed by atoms with Gasteiger partial charge in [-0.2, -0.15) is 5.10 Å². The normalized spacial score (nSPS) is 14.4. The average molecular weight is 325 g/mol. The second-order valence-corrected chi connectivity index (χ2v) is 6.83. The SMILES string of the molecule is CCc1cnc(CNc2c(Cl)cnn(CC3CC3)c2=O)s1. The maximum atomic E-state index is 12.4. The van der Waals surface area contributed by atoms with Gasteiger partial charge in [0.15, 0.2) is 0 Å². The molecule has 112 valence electrons. The standard InChI is InChI=1S/C14H17ClN4OS/c1-2-10-5-16-12(21-10)7-17-13-11(15)6-18-19(14(13)20)8-9-3-4-9/h5-6,9,17H,2-4,7-8H2,1H3. The molecule has 21 heavy (non-hydrogen) atoms. The molecule has 1 fully saturated rings. The fourth-order valence-corrected chi connectivity index (χ4v) is 3.05. The predicted molar refractivity (Wildman–Crippen MR) is 85.0 cm³/mol. The molecule has 2 aromatic rings. The Kier molecular flexibility index (Phi) is 4.26. The zero-order chi connectivity index (χ0) is 14.8. The minimum absolute atomic E-state index is 0.151. The molecule has 0 amide bonds. The number of halogens is 1. The Hall–Kier alpha value is -1.40. The molecule has 0 saturated heterocycles. The number of aryl methyl sites for hydroxylation is 1. The summed E-state index contributed by atoms with van der Waals surface area (Å²) in [7, 11) is 0. The van der Waals surface area contributed by atoms with Crippen molar-refractivity contribution in [3.8, 4) is 0 Å². The molecule has 1 saturated carbocycles. The first kappa shape index (κ1) is 14.5. The van der Waals surface area contributed by atoms with Gasteiger partial charge in [-0.25, -0.2) is 9.67 Å². The van der Waals surface area contributed by atoms with E-state index in [-0.39, 0.29) is 5.56 Å². The number of anilines is 1. The Morgan fingerprint density at radius 1 is 1.48 bits per heavy atom. The first-order valence-electron chi connectivity index (χ1n) is 7.10. The molecule has 0 radical (unpaired) electrons. The fraction of sp³-hybridized carbons (Fsp3) is 0.500. The quantitative estimate of drug-likeness (QED) is 0.887. The number of aromatic nitrogens is 3. The number of hydrogen-bond acceptors (Lipinski definition) is 5. The van der Waals surface area contributed by atoms with Crippen LogP contribution in [0.4, 0.5) is 5.69 Å². The molecular formula is C14H17ClN4OS. The van der Waals surface area contributed by atoms with E-state index in [1.54, 1.807) is 11.3 Å². The van der Waals surface area contributed by atoms with Crippen molar-refractivity contribution in [1.29, 1.82) is 0 Å². The van der Waals surface area contributed by atoms with E-state index in [9.17, 15) is 4.79 Å². The number of nitrogens with one attached hydrogen (secondary N) is 1. The summed E-state index contributed by atoms with van der Waals surface area (Å²) >= 11 is 7.74. The van der Waals surface area contributed by atoms with Crippen molar-refractivity contribution < 1.29 is 0 Å². The van der Waals surface area contributed by atoms with Crippen LogP contribution >= 0.6 is 22.9 Å². The molecule has 1 N–H and O–H groups in total. The van der Waals surface area contributed by atoms with Crippen molar-refractivity contribution in [3.05, 3.63) is 37.7 Å². The van der Waals surface area contributed by atoms with Crippen molar-refractivity contribution >= 4 is 28.6 Å². The maximum absolute atomic E-state index is 12.4. The zero-order valence-electron chi connectivity index (χ0n) is 11.8. The largest absolute Gasteiger partial charge is 0.373 e. The van der Waals surface area contributed by atoms with Crippen LogP contribution in [0.3, 0.4) is 0 Å². The Morgan fingerprint density at radius 3 is 2.95 bits per heavy atom. The molecule has 0 unspecified atom stereocenters. The summed E-state index contributed by atoms with van der Waals surface area (Å²) in [6.07, 6.45) is 6.74. The summed E-state index contributed by atoms with van der Waals surface area (Å²) in [6.45, 7) is 3.29. The second kappa shape index (κ2) is 6.15. The van der Waals surface area contributed by atoms with Crippen LogP contribution in [-0.4, -0.2) is 14.8 Å². The van der Waals surface area contributed by atoms with Crippen LogP contribution < -0.4 is 10.9 Å². The maximum Gasteiger partial charge on any atom is 0.291 e. The van der Waals surface area contributed by atoms with Gasteiger partial charge >= 0.3 is 0 Å². The lowest BCUT2D eigenvalue weighted by Gasteiger charge is -2.09. The van der Waals surface area contributed by atoms with Gasteiger partial charge in [-0.15, -0.1) is 11.3 Å². The monoisotopic (exact) mass is 324 g/mol. The lowest BCUT2D eigenvalue weighted by Crippen LogP contribution is -2.26. The highest BCUT2D eigenvalue weighted by atomic mass is 35.5. The van der Waals surface area contributed by atoms with Crippen LogP contribution in [0.25, 0.3) is 0 Å². The third-order valence-electron chi connectivity index (χ3n) is 3.49. The highest BCUT2D eigenvalue weighted by Crippen LogP contribution is 2.30. The lowest BCUT2D eigenvalue weighted by molar-refractivity contribution is 0.534. The number of nitrogens with zero attached hydrogens (tertiary/aromatic N) is 3. The van der Waals surface area contributed by atoms with Gasteiger partial charge in [0.1, 0.15) is 10.7 Å². The van der Waals surface area contributed by atoms with Crippen LogP contribution in [0, 0.1) is 5.92 Å². The van der Waals surface area contributed by atoms with Gasteiger partial charge in [-0.1, -0.05) is 18.5 Å². The van der Waals surface area contributed by atoms with Crippen LogP contribution in [-0.2, 0) is 19.5 Å². The van der Waals surface area contributed by atoms with E-state index in [1.807, 2.05) is 6.20 Å². The molecule has 0 bridgehead atoms. The molecule has 5 nitrogen and oxygen atoms in total. The first-order chi connectivity index (χ1) is 10.2. The van der Waals surface area contributed by atoms with E-state index in [1.165, 1.54) is 28.6 Å². The van der Waals surface area contributed by atoms with Crippen LogP contribution in [0.1, 0.15) is 29.7 Å². The van der Waals surface area contributed by atoms with Crippen molar-refractivity contribution in [2.45, 2.75) is 39.3 Å². The Bertz CT molecular complexity index is 693. The highest BCUT2D eigenvalue weighted by Gasteiger charge is 2.23. The molecule has 0 aromatic carbocycles. The van der Waals surface area contributed by atoms with Crippen LogP contribution in [0.2, 0.25) is 5.02 Å². The van der Waals surface area contributed by atoms with Gasteiger partial charge in [0, 0.05) is 17.6 Å². The number of rotatable bonds is 6. The van der Waals surface area contributed by atoms with Gasteiger partial charge in [0.05, 0.1) is 17.8 Å². The Balaban J connectivity index is 1.75. The lowest BCUT2D eigenvalue weighted by atomic mass is 10.4. The molecule has 0 spiro atoms. The van der Waals surface area contributed by atoms with Crippen molar-refractivity contribution in [2.75, 3.05) is 5.32 Å². The molecule has 0 aliphatic heterocycles. The summed E-state index contributed by atoms with van der Waals surface area (Å²) in [4.78, 5) is 17.9. The zero-order valence-corrected chi connectivity index (χ0v) is 13.4. The molecule has 2 heterocycles. The topological polar surface area (TPSA) is 59.8 Å². The van der Waals surface area contributed by atoms with Gasteiger partial charge < -0.3 is 5.32 Å². The smallest absolute Gasteiger partial charge is 0.291 e. The second-order valence-electron chi connectivity index (χ2n) is 5.23. The van der Waals surface area contributed by atoms with E-state index >= 15 is 0 Å². The average Bonchev–Trinajstić information content (AvgIpc) is 3.18. The number of thiazole rings is 1. The summed E-state index contributed by atoms with van der Waals surface area (Å²) in [5.74, 6) is 0.593. The third-order valence-corrected chi connectivity index (χ3v) is 4.92. The van der Waals surface area contributed by atoms with Gasteiger partial charge in [-0.3, -0.25) is 4.79 Å². The molecule has 3 rings (SSSR count). The predicted octanol–water partition coefficient (Wildman–Crippen LogP) is 2.94. The molecule has 0 atom stereocenters. The molecular weight excluding hydrogens is 308 g/mol. The van der Waals surface area contributed by atoms with Crippen LogP contribution in [0.5, 0.6) is 0 Å². The van der Waals surface area contributed by atoms with Gasteiger partial charge in [0.2, 0.25) is 0 Å². The van der Waals surface area contributed by atoms with Gasteiger partial charge in [0.25, 0.3) is 5.56 Å². The minimum atomic E-state index is -0.151. The minimum Gasteiger partial charge on any atom is -0.373 e. The Labute approximate surface area is 132 Å². The molecule has 2 aromatic heterocycles. The number of hydrogen-bond donors (Lipinski definition) is 1. The van der Waals surface area contributed by atoms with E-state index in [2.05, 4.69) is 22.3 Å². The Morgan fingerprint density at radius 2 is 2.29 bits per heavy atom. The van der Waals surface area contributed by atoms with E-state index in [0.717, 1.165) is 11.4 Å². The fourth-order valence-electron chi connectivity index (χ4n) is 2.06. The summed E-state index contributed by atoms with van der Waals surface area (Å²) in [5, 5.41) is 8.53. The molecule has 1 aliphatic carbocycles. The first-order valence-corrected chi connectivity index (χ1v) is 8.30. The van der Waals surface area contributed by atoms with E-state index in [4.69, 9.17) is 11.6 Å². The van der Waals surface area contributed by atoms with Crippen molar-refractivity contribution in [2.24, 2.45) is 5.92 Å². The molecule has 7 heteroatoms. The van der Waals surface area contributed by atoms with Crippen molar-refractivity contribution in [3.63, 3.8) is 0 Å². The summed E-state index contributed by atoms with van der Waals surface area (Å²) < 4.78 is 1.51.